The fraction of sp³-hybridized carbons (Fsp3) is 0.500. The highest BCUT2D eigenvalue weighted by Crippen LogP contribution is 2.18. The lowest BCUT2D eigenvalue weighted by molar-refractivity contribution is -0.132. The van der Waals surface area contributed by atoms with Gasteiger partial charge in [0.15, 0.2) is 0 Å². The number of likely N-dealkylation sites (N-methyl/N-ethyl adjacent to an activating group) is 1. The molecule has 4 nitrogen and oxygen atoms in total. The van der Waals surface area contributed by atoms with Crippen molar-refractivity contribution in [1.29, 1.82) is 0 Å². The SMILES string of the molecule is C=C/C(OCCN(C)C)=C(\SC)C(=O)O. The van der Waals surface area contributed by atoms with Crippen LogP contribution < -0.4 is 0 Å². The Morgan fingerprint density at radius 1 is 1.60 bits per heavy atom. The Hall–Kier alpha value is -0.940. The van der Waals surface area contributed by atoms with E-state index in [0.29, 0.717) is 12.4 Å². The Morgan fingerprint density at radius 3 is 2.53 bits per heavy atom. The second kappa shape index (κ2) is 7.36. The number of carbonyl (C=O) groups is 1. The molecule has 0 heterocycles. The van der Waals surface area contributed by atoms with Crippen molar-refractivity contribution in [2.24, 2.45) is 0 Å². The van der Waals surface area contributed by atoms with Crippen molar-refractivity contribution in [3.05, 3.63) is 23.3 Å². The minimum Gasteiger partial charge on any atom is -0.491 e. The minimum absolute atomic E-state index is 0.184. The number of aliphatic carboxylic acids is 1. The molecule has 0 aromatic carbocycles. The van der Waals surface area contributed by atoms with Crippen LogP contribution in [0, 0.1) is 0 Å². The van der Waals surface area contributed by atoms with Crippen LogP contribution in [0.25, 0.3) is 0 Å². The summed E-state index contributed by atoms with van der Waals surface area (Å²) in [6, 6.07) is 0. The third kappa shape index (κ3) is 5.49. The maximum Gasteiger partial charge on any atom is 0.345 e. The fourth-order valence-electron chi connectivity index (χ4n) is 0.849. The van der Waals surface area contributed by atoms with E-state index in [1.54, 1.807) is 6.26 Å². The summed E-state index contributed by atoms with van der Waals surface area (Å²) in [4.78, 5) is 13.0. The largest absolute Gasteiger partial charge is 0.491 e. The second-order valence-electron chi connectivity index (χ2n) is 3.06. The first-order chi connectivity index (χ1) is 7.02. The topological polar surface area (TPSA) is 49.8 Å². The third-order valence-corrected chi connectivity index (χ3v) is 2.39. The van der Waals surface area contributed by atoms with Gasteiger partial charge in [-0.2, -0.15) is 0 Å². The molecule has 86 valence electrons. The van der Waals surface area contributed by atoms with Gasteiger partial charge in [0.25, 0.3) is 0 Å². The Bertz CT molecular complexity index is 261. The lowest BCUT2D eigenvalue weighted by atomic mass is 10.4. The van der Waals surface area contributed by atoms with Gasteiger partial charge in [0.05, 0.1) is 0 Å². The van der Waals surface area contributed by atoms with Gasteiger partial charge in [0, 0.05) is 6.54 Å². The molecular formula is C10H17NO3S. The van der Waals surface area contributed by atoms with Gasteiger partial charge in [0.2, 0.25) is 0 Å². The van der Waals surface area contributed by atoms with Crippen molar-refractivity contribution in [2.45, 2.75) is 0 Å². The first-order valence-electron chi connectivity index (χ1n) is 4.44. The number of thioether (sulfide) groups is 1. The van der Waals surface area contributed by atoms with E-state index in [-0.39, 0.29) is 4.91 Å². The molecule has 0 unspecified atom stereocenters. The van der Waals surface area contributed by atoms with Crippen LogP contribution in [0.15, 0.2) is 23.3 Å². The molecule has 0 aliphatic heterocycles. The van der Waals surface area contributed by atoms with Crippen molar-refractivity contribution < 1.29 is 14.6 Å². The molecule has 0 saturated heterocycles. The second-order valence-corrected chi connectivity index (χ2v) is 3.88. The number of nitrogens with zero attached hydrogens (tertiary/aromatic N) is 1. The van der Waals surface area contributed by atoms with E-state index in [2.05, 4.69) is 6.58 Å². The van der Waals surface area contributed by atoms with Gasteiger partial charge in [-0.05, 0) is 26.4 Å². The Labute approximate surface area is 94.6 Å². The molecule has 0 rings (SSSR count). The third-order valence-electron chi connectivity index (χ3n) is 1.60. The van der Waals surface area contributed by atoms with Gasteiger partial charge in [-0.1, -0.05) is 6.58 Å². The first-order valence-corrected chi connectivity index (χ1v) is 5.67. The van der Waals surface area contributed by atoms with Gasteiger partial charge in [-0.15, -0.1) is 11.8 Å². The van der Waals surface area contributed by atoms with Crippen molar-refractivity contribution in [3.63, 3.8) is 0 Å². The summed E-state index contributed by atoms with van der Waals surface area (Å²) in [7, 11) is 3.85. The van der Waals surface area contributed by atoms with E-state index in [9.17, 15) is 4.79 Å². The highest BCUT2D eigenvalue weighted by molar-refractivity contribution is 8.03. The van der Waals surface area contributed by atoms with Crippen LogP contribution >= 0.6 is 11.8 Å². The average molecular weight is 231 g/mol. The van der Waals surface area contributed by atoms with Crippen LogP contribution in [-0.2, 0) is 9.53 Å². The fourth-order valence-corrected chi connectivity index (χ4v) is 1.37. The summed E-state index contributed by atoms with van der Waals surface area (Å²) in [6.45, 7) is 4.72. The maximum absolute atomic E-state index is 10.8. The van der Waals surface area contributed by atoms with Gasteiger partial charge in [0.1, 0.15) is 17.3 Å². The average Bonchev–Trinajstić information content (AvgIpc) is 2.15. The van der Waals surface area contributed by atoms with E-state index >= 15 is 0 Å². The molecule has 0 saturated carbocycles. The van der Waals surface area contributed by atoms with Crippen LogP contribution in [0.3, 0.4) is 0 Å². The molecule has 0 radical (unpaired) electrons. The molecule has 0 bridgehead atoms. The summed E-state index contributed by atoms with van der Waals surface area (Å²) in [6.07, 6.45) is 3.12. The highest BCUT2D eigenvalue weighted by atomic mass is 32.2. The van der Waals surface area contributed by atoms with Crippen LogP contribution in [-0.4, -0.2) is 49.5 Å². The number of carboxylic acid groups (broad SMARTS) is 1. The van der Waals surface area contributed by atoms with E-state index in [0.717, 1.165) is 18.3 Å². The molecule has 0 aromatic rings. The molecule has 0 fully saturated rings. The predicted octanol–water partition coefficient (Wildman–Crippen LogP) is 1.41. The van der Waals surface area contributed by atoms with Gasteiger partial charge < -0.3 is 14.7 Å². The number of ether oxygens (including phenoxy) is 1. The molecule has 0 aromatic heterocycles. The Kier molecular flexibility index (Phi) is 6.90. The van der Waals surface area contributed by atoms with Crippen LogP contribution in [0.5, 0.6) is 0 Å². The molecule has 0 aliphatic rings. The van der Waals surface area contributed by atoms with Crippen LogP contribution in [0.1, 0.15) is 0 Å². The molecule has 15 heavy (non-hydrogen) atoms. The minimum atomic E-state index is -0.984. The number of carboxylic acids is 1. The van der Waals surface area contributed by atoms with Crippen molar-refractivity contribution in [3.8, 4) is 0 Å². The first kappa shape index (κ1) is 14.1. The zero-order valence-corrected chi connectivity index (χ0v) is 10.1. The van der Waals surface area contributed by atoms with Gasteiger partial charge >= 0.3 is 5.97 Å². The maximum atomic E-state index is 10.8. The summed E-state index contributed by atoms with van der Waals surface area (Å²) < 4.78 is 5.33. The number of hydrogen-bond donors (Lipinski definition) is 1. The summed E-state index contributed by atoms with van der Waals surface area (Å²) in [5.74, 6) is -0.654. The van der Waals surface area contributed by atoms with Crippen molar-refractivity contribution in [1.82, 2.24) is 4.90 Å². The molecule has 0 aliphatic carbocycles. The Morgan fingerprint density at radius 2 is 2.20 bits per heavy atom. The van der Waals surface area contributed by atoms with Crippen LogP contribution in [0.4, 0.5) is 0 Å². The zero-order chi connectivity index (χ0) is 11.8. The molecule has 0 atom stereocenters. The monoisotopic (exact) mass is 231 g/mol. The van der Waals surface area contributed by atoms with E-state index in [1.807, 2.05) is 19.0 Å². The normalized spacial score (nSPS) is 12.3. The highest BCUT2D eigenvalue weighted by Gasteiger charge is 2.12. The predicted molar refractivity (Wildman–Crippen MR) is 62.9 cm³/mol. The van der Waals surface area contributed by atoms with Gasteiger partial charge in [-0.3, -0.25) is 0 Å². The van der Waals surface area contributed by atoms with E-state index in [1.165, 1.54) is 6.08 Å². The summed E-state index contributed by atoms with van der Waals surface area (Å²) in [5.41, 5.74) is 0. The van der Waals surface area contributed by atoms with E-state index < -0.39 is 5.97 Å². The van der Waals surface area contributed by atoms with Crippen molar-refractivity contribution in [2.75, 3.05) is 33.5 Å². The molecule has 0 spiro atoms. The Balaban J connectivity index is 4.45. The quantitative estimate of drug-likeness (QED) is 0.408. The molecule has 0 amide bonds. The molecular weight excluding hydrogens is 214 g/mol. The van der Waals surface area contributed by atoms with Crippen LogP contribution in [0.2, 0.25) is 0 Å². The molecule has 5 heteroatoms. The smallest absolute Gasteiger partial charge is 0.345 e. The molecule has 1 N–H and O–H groups in total. The van der Waals surface area contributed by atoms with E-state index in [4.69, 9.17) is 9.84 Å². The standard InChI is InChI=1S/C10H17NO3S/c1-5-8(9(15-4)10(12)13)14-7-6-11(2)3/h5H,1,6-7H2,2-4H3,(H,12,13)/b9-8+. The number of hydrogen-bond acceptors (Lipinski definition) is 4. The summed E-state index contributed by atoms with van der Waals surface area (Å²) >= 11 is 1.14. The number of allylic oxidation sites excluding steroid dienone is 1. The number of rotatable bonds is 7. The lowest BCUT2D eigenvalue weighted by Crippen LogP contribution is -2.18. The summed E-state index contributed by atoms with van der Waals surface area (Å²) in [5, 5.41) is 8.87. The zero-order valence-electron chi connectivity index (χ0n) is 9.32. The van der Waals surface area contributed by atoms with Crippen molar-refractivity contribution >= 4 is 17.7 Å². The lowest BCUT2D eigenvalue weighted by Gasteiger charge is -2.12. The van der Waals surface area contributed by atoms with Gasteiger partial charge in [-0.25, -0.2) is 4.79 Å².